The van der Waals surface area contributed by atoms with E-state index < -0.39 is 0 Å². The number of hydrogen-bond donors (Lipinski definition) is 2. The topological polar surface area (TPSA) is 60.8 Å². The van der Waals surface area contributed by atoms with Crippen molar-refractivity contribution >= 4 is 17.3 Å². The van der Waals surface area contributed by atoms with Gasteiger partial charge in [0.15, 0.2) is 5.96 Å². The fourth-order valence-corrected chi connectivity index (χ4v) is 3.67. The molecule has 1 aliphatic rings. The van der Waals surface area contributed by atoms with Crippen molar-refractivity contribution in [2.75, 3.05) is 20.1 Å². The van der Waals surface area contributed by atoms with Crippen molar-refractivity contribution in [1.29, 1.82) is 0 Å². The molecule has 1 aromatic heterocycles. The molecular formula is C15H26N4OS. The number of aliphatic hydroxyl groups is 1. The molecule has 2 N–H and O–H groups in total. The number of aliphatic hydroxyl groups excluding tert-OH is 1. The minimum Gasteiger partial charge on any atom is -0.393 e. The van der Waals surface area contributed by atoms with Gasteiger partial charge in [-0.15, -0.1) is 11.3 Å². The van der Waals surface area contributed by atoms with Crippen LogP contribution in [-0.4, -0.2) is 47.2 Å². The SMILES string of the molecule is CN=C(NCc1nc(C(C)C)c(C)s1)N1CCC(O)CC1. The van der Waals surface area contributed by atoms with Gasteiger partial charge >= 0.3 is 0 Å². The highest BCUT2D eigenvalue weighted by atomic mass is 32.1. The maximum atomic E-state index is 9.58. The van der Waals surface area contributed by atoms with Gasteiger partial charge in [0, 0.05) is 25.0 Å². The van der Waals surface area contributed by atoms with E-state index >= 15 is 0 Å². The van der Waals surface area contributed by atoms with Gasteiger partial charge in [-0.25, -0.2) is 4.98 Å². The molecule has 6 heteroatoms. The second-order valence-electron chi connectivity index (χ2n) is 5.82. The maximum absolute atomic E-state index is 9.58. The third kappa shape index (κ3) is 4.17. The molecule has 1 saturated heterocycles. The van der Waals surface area contributed by atoms with E-state index in [1.165, 1.54) is 10.6 Å². The number of aryl methyl sites for hydroxylation is 1. The van der Waals surface area contributed by atoms with Crippen LogP contribution in [0.4, 0.5) is 0 Å². The Kier molecular flexibility index (Phi) is 5.58. The normalized spacial score (nSPS) is 17.6. The van der Waals surface area contributed by atoms with Crippen LogP contribution in [0.2, 0.25) is 0 Å². The molecule has 5 nitrogen and oxygen atoms in total. The summed E-state index contributed by atoms with van der Waals surface area (Å²) in [7, 11) is 1.81. The average Bonchev–Trinajstić information content (AvgIpc) is 2.82. The zero-order chi connectivity index (χ0) is 15.4. The summed E-state index contributed by atoms with van der Waals surface area (Å²) in [5.41, 5.74) is 1.20. The third-order valence-corrected chi connectivity index (χ3v) is 4.78. The van der Waals surface area contributed by atoms with Crippen LogP contribution in [0.5, 0.6) is 0 Å². The molecule has 0 spiro atoms. The van der Waals surface area contributed by atoms with Crippen LogP contribution in [0.3, 0.4) is 0 Å². The van der Waals surface area contributed by atoms with Gasteiger partial charge in [-0.3, -0.25) is 4.99 Å². The van der Waals surface area contributed by atoms with Gasteiger partial charge in [0.05, 0.1) is 18.3 Å². The van der Waals surface area contributed by atoms with Crippen LogP contribution in [0.25, 0.3) is 0 Å². The molecule has 1 fully saturated rings. The molecule has 0 radical (unpaired) electrons. The van der Waals surface area contributed by atoms with Crippen molar-refractivity contribution in [1.82, 2.24) is 15.2 Å². The van der Waals surface area contributed by atoms with Gasteiger partial charge in [0.25, 0.3) is 0 Å². The zero-order valence-corrected chi connectivity index (χ0v) is 14.2. The molecule has 0 amide bonds. The lowest BCUT2D eigenvalue weighted by Gasteiger charge is -2.32. The first kappa shape index (κ1) is 16.2. The molecule has 0 aromatic carbocycles. The van der Waals surface area contributed by atoms with Gasteiger partial charge < -0.3 is 15.3 Å². The van der Waals surface area contributed by atoms with Gasteiger partial charge in [-0.2, -0.15) is 0 Å². The molecule has 0 unspecified atom stereocenters. The Bertz CT molecular complexity index is 490. The monoisotopic (exact) mass is 310 g/mol. The number of rotatable bonds is 3. The predicted molar refractivity (Wildman–Crippen MR) is 88.0 cm³/mol. The summed E-state index contributed by atoms with van der Waals surface area (Å²) >= 11 is 1.76. The minimum atomic E-state index is -0.158. The highest BCUT2D eigenvalue weighted by Crippen LogP contribution is 2.24. The van der Waals surface area contributed by atoms with E-state index in [2.05, 4.69) is 36.0 Å². The Balaban J connectivity index is 1.93. The number of aromatic nitrogens is 1. The molecule has 0 bridgehead atoms. The fourth-order valence-electron chi connectivity index (χ4n) is 2.64. The summed E-state index contributed by atoms with van der Waals surface area (Å²) in [4.78, 5) is 12.6. The zero-order valence-electron chi connectivity index (χ0n) is 13.4. The molecule has 1 aromatic rings. The molecule has 2 rings (SSSR count). The van der Waals surface area contributed by atoms with Crippen LogP contribution in [0.15, 0.2) is 4.99 Å². The van der Waals surface area contributed by atoms with Gasteiger partial charge in [-0.1, -0.05) is 13.8 Å². The lowest BCUT2D eigenvalue weighted by atomic mass is 10.1. The molecule has 0 atom stereocenters. The Hall–Kier alpha value is -1.14. The van der Waals surface area contributed by atoms with E-state index in [1.54, 1.807) is 18.4 Å². The average molecular weight is 310 g/mol. The molecule has 2 heterocycles. The van der Waals surface area contributed by atoms with E-state index in [-0.39, 0.29) is 6.10 Å². The van der Waals surface area contributed by atoms with Crippen LogP contribution in [0, 0.1) is 6.92 Å². The number of hydrogen-bond acceptors (Lipinski definition) is 4. The first-order valence-electron chi connectivity index (χ1n) is 7.61. The molecule has 1 aliphatic heterocycles. The van der Waals surface area contributed by atoms with Crippen molar-refractivity contribution in [3.63, 3.8) is 0 Å². The number of aliphatic imine (C=N–C) groups is 1. The van der Waals surface area contributed by atoms with E-state index in [9.17, 15) is 5.11 Å². The summed E-state index contributed by atoms with van der Waals surface area (Å²) in [5.74, 6) is 1.37. The number of thiazole rings is 1. The minimum absolute atomic E-state index is 0.158. The van der Waals surface area contributed by atoms with Crippen LogP contribution >= 0.6 is 11.3 Å². The summed E-state index contributed by atoms with van der Waals surface area (Å²) in [6.07, 6.45) is 1.47. The second-order valence-corrected chi connectivity index (χ2v) is 7.11. The highest BCUT2D eigenvalue weighted by molar-refractivity contribution is 7.11. The molecule has 0 aliphatic carbocycles. The Morgan fingerprint density at radius 2 is 2.14 bits per heavy atom. The van der Waals surface area contributed by atoms with Crippen molar-refractivity contribution < 1.29 is 5.11 Å². The van der Waals surface area contributed by atoms with Gasteiger partial charge in [0.2, 0.25) is 0 Å². The Labute approximate surface area is 131 Å². The lowest BCUT2D eigenvalue weighted by Crippen LogP contribution is -2.46. The fraction of sp³-hybridized carbons (Fsp3) is 0.733. The van der Waals surface area contributed by atoms with Crippen molar-refractivity contribution in [2.24, 2.45) is 4.99 Å². The van der Waals surface area contributed by atoms with Crippen LogP contribution < -0.4 is 5.32 Å². The lowest BCUT2D eigenvalue weighted by molar-refractivity contribution is 0.108. The van der Waals surface area contributed by atoms with Crippen molar-refractivity contribution in [3.8, 4) is 0 Å². The summed E-state index contributed by atoms with van der Waals surface area (Å²) in [5, 5.41) is 14.1. The van der Waals surface area contributed by atoms with Crippen LogP contribution in [0.1, 0.15) is 48.2 Å². The number of nitrogens with zero attached hydrogens (tertiary/aromatic N) is 3. The predicted octanol–water partition coefficient (Wildman–Crippen LogP) is 2.11. The first-order valence-corrected chi connectivity index (χ1v) is 8.42. The Morgan fingerprint density at radius 1 is 1.48 bits per heavy atom. The molecular weight excluding hydrogens is 284 g/mol. The van der Waals surface area contributed by atoms with Crippen molar-refractivity contribution in [3.05, 3.63) is 15.6 Å². The number of guanidine groups is 1. The smallest absolute Gasteiger partial charge is 0.193 e. The Morgan fingerprint density at radius 3 is 2.67 bits per heavy atom. The third-order valence-electron chi connectivity index (χ3n) is 3.80. The molecule has 118 valence electrons. The van der Waals surface area contributed by atoms with E-state index in [0.29, 0.717) is 12.5 Å². The standard InChI is InChI=1S/C15H26N4OS/c1-10(2)14-11(3)21-13(18-14)9-17-15(16-4)19-7-5-12(20)6-8-19/h10,12,20H,5-9H2,1-4H3,(H,16,17). The van der Waals surface area contributed by atoms with Gasteiger partial charge in [0.1, 0.15) is 5.01 Å². The van der Waals surface area contributed by atoms with E-state index in [1.807, 2.05) is 0 Å². The largest absolute Gasteiger partial charge is 0.393 e. The van der Waals surface area contributed by atoms with E-state index in [4.69, 9.17) is 4.98 Å². The van der Waals surface area contributed by atoms with Crippen molar-refractivity contribution in [2.45, 2.75) is 52.2 Å². The van der Waals surface area contributed by atoms with Gasteiger partial charge in [-0.05, 0) is 25.7 Å². The quantitative estimate of drug-likeness (QED) is 0.663. The highest BCUT2D eigenvalue weighted by Gasteiger charge is 2.20. The maximum Gasteiger partial charge on any atom is 0.193 e. The van der Waals surface area contributed by atoms with Crippen LogP contribution in [-0.2, 0) is 6.54 Å². The first-order chi connectivity index (χ1) is 10.0. The number of nitrogens with one attached hydrogen (secondary N) is 1. The number of piperidine rings is 1. The summed E-state index contributed by atoms with van der Waals surface area (Å²) < 4.78 is 0. The summed E-state index contributed by atoms with van der Waals surface area (Å²) in [6, 6.07) is 0. The van der Waals surface area contributed by atoms with E-state index in [0.717, 1.165) is 36.9 Å². The second kappa shape index (κ2) is 7.22. The summed E-state index contributed by atoms with van der Waals surface area (Å²) in [6.45, 7) is 8.92. The molecule has 0 saturated carbocycles. The number of likely N-dealkylation sites (tertiary alicyclic amines) is 1. The molecule has 21 heavy (non-hydrogen) atoms.